The second-order valence-electron chi connectivity index (χ2n) is 4.67. The van der Waals surface area contributed by atoms with Crippen LogP contribution in [0.2, 0.25) is 5.02 Å². The standard InChI is InChI=1S/C14H16ClNO4S/c1-9(20-11-4-2-10(15)3-5-11)13(17)16-6-7-21-8-12(16)14(18)19/h2-5,9,12H,6-8H2,1H3,(H,18,19). The lowest BCUT2D eigenvalue weighted by atomic mass is 10.2. The van der Waals surface area contributed by atoms with Crippen LogP contribution in [0.4, 0.5) is 0 Å². The van der Waals surface area contributed by atoms with Crippen molar-refractivity contribution in [3.05, 3.63) is 29.3 Å². The fraction of sp³-hybridized carbons (Fsp3) is 0.429. The van der Waals surface area contributed by atoms with E-state index in [-0.39, 0.29) is 5.91 Å². The molecule has 0 spiro atoms. The van der Waals surface area contributed by atoms with E-state index in [4.69, 9.17) is 16.3 Å². The lowest BCUT2D eigenvalue weighted by Gasteiger charge is -2.34. The van der Waals surface area contributed by atoms with E-state index >= 15 is 0 Å². The van der Waals surface area contributed by atoms with Gasteiger partial charge >= 0.3 is 5.97 Å². The van der Waals surface area contributed by atoms with E-state index in [1.165, 1.54) is 16.7 Å². The summed E-state index contributed by atoms with van der Waals surface area (Å²) in [7, 11) is 0. The molecule has 2 rings (SSSR count). The number of carboxylic acid groups (broad SMARTS) is 1. The summed E-state index contributed by atoms with van der Waals surface area (Å²) in [5.74, 6) is 0.392. The Morgan fingerprint density at radius 1 is 1.43 bits per heavy atom. The molecule has 0 radical (unpaired) electrons. The zero-order valence-corrected chi connectivity index (χ0v) is 13.1. The van der Waals surface area contributed by atoms with Crippen LogP contribution in [-0.4, -0.2) is 52.1 Å². The van der Waals surface area contributed by atoms with Crippen molar-refractivity contribution in [2.75, 3.05) is 18.1 Å². The molecule has 1 aromatic carbocycles. The van der Waals surface area contributed by atoms with Gasteiger partial charge < -0.3 is 14.7 Å². The molecule has 2 atom stereocenters. The quantitative estimate of drug-likeness (QED) is 0.916. The Hall–Kier alpha value is -1.40. The van der Waals surface area contributed by atoms with Crippen molar-refractivity contribution in [2.24, 2.45) is 0 Å². The molecular weight excluding hydrogens is 314 g/mol. The molecule has 1 aliphatic rings. The zero-order valence-electron chi connectivity index (χ0n) is 11.5. The van der Waals surface area contributed by atoms with Crippen LogP contribution in [0, 0.1) is 0 Å². The van der Waals surface area contributed by atoms with Crippen molar-refractivity contribution in [3.8, 4) is 5.75 Å². The number of benzene rings is 1. The molecule has 0 saturated carbocycles. The third-order valence-corrected chi connectivity index (χ3v) is 4.45. The minimum Gasteiger partial charge on any atom is -0.481 e. The number of aliphatic carboxylic acids is 1. The molecule has 0 aromatic heterocycles. The summed E-state index contributed by atoms with van der Waals surface area (Å²) in [6, 6.07) is 5.91. The molecule has 1 heterocycles. The molecule has 0 aliphatic carbocycles. The SMILES string of the molecule is CC(Oc1ccc(Cl)cc1)C(=O)N1CCSCC1C(=O)O. The van der Waals surface area contributed by atoms with Gasteiger partial charge in [-0.15, -0.1) is 0 Å². The summed E-state index contributed by atoms with van der Waals surface area (Å²) in [6.07, 6.45) is -0.740. The summed E-state index contributed by atoms with van der Waals surface area (Å²) in [5.41, 5.74) is 0. The van der Waals surface area contributed by atoms with Gasteiger partial charge in [0.25, 0.3) is 5.91 Å². The maximum Gasteiger partial charge on any atom is 0.327 e. The van der Waals surface area contributed by atoms with Gasteiger partial charge in [0.2, 0.25) is 0 Å². The van der Waals surface area contributed by atoms with E-state index in [0.29, 0.717) is 23.1 Å². The number of ether oxygens (including phenoxy) is 1. The van der Waals surface area contributed by atoms with Crippen molar-refractivity contribution in [1.29, 1.82) is 0 Å². The highest BCUT2D eigenvalue weighted by Gasteiger charge is 2.35. The Bertz CT molecular complexity index is 522. The number of hydrogen-bond acceptors (Lipinski definition) is 4. The molecule has 1 aromatic rings. The fourth-order valence-electron chi connectivity index (χ4n) is 2.07. The lowest BCUT2D eigenvalue weighted by molar-refractivity contribution is -0.152. The average molecular weight is 330 g/mol. The highest BCUT2D eigenvalue weighted by Crippen LogP contribution is 2.20. The second kappa shape index (κ2) is 7.04. The van der Waals surface area contributed by atoms with E-state index in [1.54, 1.807) is 31.2 Å². The normalized spacial score (nSPS) is 19.9. The van der Waals surface area contributed by atoms with Gasteiger partial charge in [-0.2, -0.15) is 11.8 Å². The summed E-state index contributed by atoms with van der Waals surface area (Å²) in [6.45, 7) is 2.05. The smallest absolute Gasteiger partial charge is 0.327 e. The largest absolute Gasteiger partial charge is 0.481 e. The minimum atomic E-state index is -0.978. The molecule has 1 amide bonds. The number of amides is 1. The van der Waals surface area contributed by atoms with Gasteiger partial charge in [0, 0.05) is 23.1 Å². The van der Waals surface area contributed by atoms with Crippen molar-refractivity contribution >= 4 is 35.2 Å². The maximum atomic E-state index is 12.4. The number of carboxylic acids is 1. The first kappa shape index (κ1) is 16.0. The van der Waals surface area contributed by atoms with Gasteiger partial charge in [0.05, 0.1) is 0 Å². The Morgan fingerprint density at radius 3 is 2.71 bits per heavy atom. The van der Waals surface area contributed by atoms with Gasteiger partial charge in [-0.1, -0.05) is 11.6 Å². The highest BCUT2D eigenvalue weighted by atomic mass is 35.5. The number of carbonyl (C=O) groups is 2. The topological polar surface area (TPSA) is 66.8 Å². The van der Waals surface area contributed by atoms with Crippen LogP contribution in [0.5, 0.6) is 5.75 Å². The Balaban J connectivity index is 2.03. The molecule has 1 aliphatic heterocycles. The molecule has 0 bridgehead atoms. The minimum absolute atomic E-state index is 0.308. The number of nitrogens with zero attached hydrogens (tertiary/aromatic N) is 1. The molecule has 1 fully saturated rings. The third kappa shape index (κ3) is 4.04. The molecule has 21 heavy (non-hydrogen) atoms. The fourth-order valence-corrected chi connectivity index (χ4v) is 3.24. The first-order valence-electron chi connectivity index (χ1n) is 6.52. The number of carbonyl (C=O) groups excluding carboxylic acids is 1. The number of halogens is 1. The van der Waals surface area contributed by atoms with E-state index in [0.717, 1.165) is 5.75 Å². The first-order chi connectivity index (χ1) is 9.99. The molecule has 7 heteroatoms. The van der Waals surface area contributed by atoms with Gasteiger partial charge in [-0.3, -0.25) is 4.79 Å². The van der Waals surface area contributed by atoms with Gasteiger partial charge in [0.1, 0.15) is 11.8 Å². The third-order valence-electron chi connectivity index (χ3n) is 3.17. The molecule has 2 unspecified atom stereocenters. The number of hydrogen-bond donors (Lipinski definition) is 1. The van der Waals surface area contributed by atoms with Crippen LogP contribution in [0.15, 0.2) is 24.3 Å². The van der Waals surface area contributed by atoms with Crippen molar-refractivity contribution in [2.45, 2.75) is 19.1 Å². The summed E-state index contributed by atoms with van der Waals surface area (Å²) < 4.78 is 5.56. The van der Waals surface area contributed by atoms with Crippen molar-refractivity contribution in [3.63, 3.8) is 0 Å². The second-order valence-corrected chi connectivity index (χ2v) is 6.26. The van der Waals surface area contributed by atoms with Crippen LogP contribution in [-0.2, 0) is 9.59 Å². The number of rotatable bonds is 4. The van der Waals surface area contributed by atoms with Crippen LogP contribution in [0.25, 0.3) is 0 Å². The molecule has 114 valence electrons. The van der Waals surface area contributed by atoms with E-state index in [9.17, 15) is 14.7 Å². The predicted octanol–water partition coefficient (Wildman–Crippen LogP) is 2.14. The molecular formula is C14H16ClNO4S. The Kier molecular flexibility index (Phi) is 5.36. The monoisotopic (exact) mass is 329 g/mol. The lowest BCUT2D eigenvalue weighted by Crippen LogP contribution is -2.53. The zero-order chi connectivity index (χ0) is 15.4. The van der Waals surface area contributed by atoms with Crippen molar-refractivity contribution in [1.82, 2.24) is 4.90 Å². The van der Waals surface area contributed by atoms with E-state index in [1.807, 2.05) is 0 Å². The molecule has 5 nitrogen and oxygen atoms in total. The van der Waals surface area contributed by atoms with E-state index < -0.39 is 18.1 Å². The Labute approximate surface area is 132 Å². The van der Waals surface area contributed by atoms with Crippen LogP contribution >= 0.6 is 23.4 Å². The molecule has 1 saturated heterocycles. The van der Waals surface area contributed by atoms with E-state index in [2.05, 4.69) is 0 Å². The first-order valence-corrected chi connectivity index (χ1v) is 8.05. The van der Waals surface area contributed by atoms with Gasteiger partial charge in [-0.25, -0.2) is 4.79 Å². The van der Waals surface area contributed by atoms with Crippen LogP contribution in [0.1, 0.15) is 6.92 Å². The molecule has 1 N–H and O–H groups in total. The van der Waals surface area contributed by atoms with Crippen LogP contribution < -0.4 is 4.74 Å². The van der Waals surface area contributed by atoms with Crippen LogP contribution in [0.3, 0.4) is 0 Å². The van der Waals surface area contributed by atoms with Crippen molar-refractivity contribution < 1.29 is 19.4 Å². The van der Waals surface area contributed by atoms with Gasteiger partial charge in [0.15, 0.2) is 6.10 Å². The Morgan fingerprint density at radius 2 is 2.10 bits per heavy atom. The summed E-state index contributed by atoms with van der Waals surface area (Å²) >= 11 is 7.33. The van der Waals surface area contributed by atoms with Gasteiger partial charge in [-0.05, 0) is 31.2 Å². The highest BCUT2D eigenvalue weighted by molar-refractivity contribution is 7.99. The summed E-state index contributed by atoms with van der Waals surface area (Å²) in [5, 5.41) is 9.78. The average Bonchev–Trinajstić information content (AvgIpc) is 2.48. The predicted molar refractivity (Wildman–Crippen MR) is 82.0 cm³/mol. The maximum absolute atomic E-state index is 12.4. The summed E-state index contributed by atoms with van der Waals surface area (Å²) in [4.78, 5) is 25.0. The number of thioether (sulfide) groups is 1.